The number of hydrogen-bond donors (Lipinski definition) is 2. The molecule has 1 aromatic carbocycles. The van der Waals surface area contributed by atoms with Crippen LogP contribution in [-0.4, -0.2) is 52.7 Å². The fourth-order valence-corrected chi connectivity index (χ4v) is 6.83. The van der Waals surface area contributed by atoms with Gasteiger partial charge in [-0.05, 0) is 86.5 Å². The molecule has 0 saturated heterocycles. The summed E-state index contributed by atoms with van der Waals surface area (Å²) in [5.74, 6) is 0.477. The molecule has 0 atom stereocenters. The first-order valence-electron chi connectivity index (χ1n) is 13.8. The van der Waals surface area contributed by atoms with E-state index in [2.05, 4.69) is 13.2 Å². The third kappa shape index (κ3) is 6.76. The SMILES string of the molecule is C=C(C(=O)OC1(C)C2CC3CC(C2)CC1C3)C(F)(F)F.C=Cc1cc(C(O)(C(F)(F)F)C(F)(F)F)cc(C(O)(C(F)(F)F)C(F)(F)F)c1. The molecule has 0 aliphatic heterocycles. The molecule has 0 spiro atoms. The van der Waals surface area contributed by atoms with Gasteiger partial charge in [0.05, 0.1) is 0 Å². The lowest BCUT2D eigenvalue weighted by molar-refractivity contribution is -0.378. The zero-order valence-corrected chi connectivity index (χ0v) is 24.4. The molecule has 0 radical (unpaired) electrons. The highest BCUT2D eigenvalue weighted by Crippen LogP contribution is 2.60. The van der Waals surface area contributed by atoms with Crippen molar-refractivity contribution in [1.82, 2.24) is 0 Å². The number of aliphatic hydroxyl groups is 2. The van der Waals surface area contributed by atoms with Gasteiger partial charge in [0.25, 0.3) is 11.2 Å². The minimum atomic E-state index is -6.59. The van der Waals surface area contributed by atoms with Crippen molar-refractivity contribution >= 4 is 12.0 Å². The van der Waals surface area contributed by atoms with Crippen LogP contribution in [0.5, 0.6) is 0 Å². The van der Waals surface area contributed by atoms with Crippen molar-refractivity contribution in [2.75, 3.05) is 0 Å². The number of ether oxygens (including phenoxy) is 1. The topological polar surface area (TPSA) is 66.8 Å². The fourth-order valence-electron chi connectivity index (χ4n) is 6.83. The quantitative estimate of drug-likeness (QED) is 0.181. The van der Waals surface area contributed by atoms with E-state index >= 15 is 0 Å². The monoisotopic (exact) mass is 724 g/mol. The molecule has 4 bridgehead atoms. The lowest BCUT2D eigenvalue weighted by Crippen LogP contribution is -2.58. The zero-order chi connectivity index (χ0) is 37.3. The zero-order valence-electron chi connectivity index (χ0n) is 24.4. The molecule has 0 unspecified atom stereocenters. The van der Waals surface area contributed by atoms with Crippen LogP contribution in [0.15, 0.2) is 36.9 Å². The average Bonchev–Trinajstić information content (AvgIpc) is 2.91. The summed E-state index contributed by atoms with van der Waals surface area (Å²) >= 11 is 0. The third-order valence-electron chi connectivity index (χ3n) is 9.33. The van der Waals surface area contributed by atoms with E-state index in [4.69, 9.17) is 4.74 Å². The maximum absolute atomic E-state index is 12.9. The second-order valence-electron chi connectivity index (χ2n) is 12.3. The molecule has 48 heavy (non-hydrogen) atoms. The lowest BCUT2D eigenvalue weighted by atomic mass is 9.50. The first kappa shape index (κ1) is 39.5. The summed E-state index contributed by atoms with van der Waals surface area (Å²) < 4.78 is 198. The lowest BCUT2D eigenvalue weighted by Gasteiger charge is -2.59. The summed E-state index contributed by atoms with van der Waals surface area (Å²) in [4.78, 5) is 11.7. The largest absolute Gasteiger partial charge is 0.455 e. The van der Waals surface area contributed by atoms with Gasteiger partial charge in [-0.1, -0.05) is 19.2 Å². The predicted molar refractivity (Wildman–Crippen MR) is 135 cm³/mol. The van der Waals surface area contributed by atoms with Crippen LogP contribution in [0.25, 0.3) is 6.08 Å². The molecule has 19 heteroatoms. The number of rotatable bonds is 5. The maximum Gasteiger partial charge on any atom is 0.430 e. The summed E-state index contributed by atoms with van der Waals surface area (Å²) in [6.07, 6.45) is -25.6. The maximum atomic E-state index is 12.9. The van der Waals surface area contributed by atoms with Crippen molar-refractivity contribution in [3.05, 3.63) is 53.6 Å². The fraction of sp³-hybridized carbons (Fsp3) is 0.621. The minimum absolute atomic E-state index is 0.162. The van der Waals surface area contributed by atoms with Gasteiger partial charge in [-0.15, -0.1) is 0 Å². The van der Waals surface area contributed by atoms with Crippen LogP contribution in [-0.2, 0) is 20.7 Å². The molecule has 2 N–H and O–H groups in total. The molecule has 1 aromatic rings. The van der Waals surface area contributed by atoms with Crippen molar-refractivity contribution in [2.45, 2.75) is 86.7 Å². The number of halogens is 15. The molecular formula is C29H27F15O4. The second-order valence-corrected chi connectivity index (χ2v) is 12.3. The number of esters is 1. The molecule has 0 aromatic heterocycles. The molecule has 0 heterocycles. The van der Waals surface area contributed by atoms with Crippen molar-refractivity contribution < 1.29 is 85.6 Å². The van der Waals surface area contributed by atoms with Gasteiger partial charge in [0.1, 0.15) is 11.2 Å². The van der Waals surface area contributed by atoms with Gasteiger partial charge < -0.3 is 14.9 Å². The summed E-state index contributed by atoms with van der Waals surface area (Å²) in [5, 5.41) is 18.5. The Labute approximate surface area is 262 Å². The molecular weight excluding hydrogens is 697 g/mol. The van der Waals surface area contributed by atoms with E-state index in [0.717, 1.165) is 25.7 Å². The highest BCUT2D eigenvalue weighted by atomic mass is 19.4. The first-order valence-corrected chi connectivity index (χ1v) is 13.8. The molecule has 4 aliphatic carbocycles. The summed E-state index contributed by atoms with van der Waals surface area (Å²) in [7, 11) is 0. The van der Waals surface area contributed by atoms with E-state index < -0.39 is 82.0 Å². The van der Waals surface area contributed by atoms with Gasteiger partial charge in [0.2, 0.25) is 0 Å². The molecule has 5 rings (SSSR count). The van der Waals surface area contributed by atoms with Crippen LogP contribution < -0.4 is 0 Å². The first-order chi connectivity index (χ1) is 21.3. The van der Waals surface area contributed by atoms with Crippen LogP contribution >= 0.6 is 0 Å². The van der Waals surface area contributed by atoms with Crippen LogP contribution in [0, 0.1) is 23.7 Å². The van der Waals surface area contributed by atoms with E-state index in [-0.39, 0.29) is 24.0 Å². The van der Waals surface area contributed by atoms with Gasteiger partial charge in [0.15, 0.2) is 0 Å². The Bertz CT molecular complexity index is 1290. The predicted octanol–water partition coefficient (Wildman–Crippen LogP) is 8.82. The standard InChI is InChI=1S/C15H19F3O2.C14H8F12O2/c1-8(15(16,17)18)13(19)20-14(2)11-4-9-3-10(6-11)7-12(14)5-9;1-2-6-3-7(9(27,11(15,16)17)12(18,19)20)5-8(4-6)10(28,13(21,22)23)14(24,25)26/h9-12H,1,3-7H2,2H3;2-5,27-28H,1H2. The van der Waals surface area contributed by atoms with Crippen LogP contribution in [0.2, 0.25) is 0 Å². The van der Waals surface area contributed by atoms with Crippen molar-refractivity contribution in [2.24, 2.45) is 23.7 Å². The van der Waals surface area contributed by atoms with Gasteiger partial charge in [0, 0.05) is 11.1 Å². The van der Waals surface area contributed by atoms with Crippen molar-refractivity contribution in [1.29, 1.82) is 0 Å². The highest BCUT2D eigenvalue weighted by Gasteiger charge is 2.74. The van der Waals surface area contributed by atoms with Crippen molar-refractivity contribution in [3.8, 4) is 0 Å². The molecule has 4 aliphatic rings. The molecule has 0 amide bonds. The van der Waals surface area contributed by atoms with Crippen molar-refractivity contribution in [3.63, 3.8) is 0 Å². The Kier molecular flexibility index (Phi) is 9.97. The molecule has 4 saturated carbocycles. The van der Waals surface area contributed by atoms with Gasteiger partial charge in [-0.3, -0.25) is 0 Å². The smallest absolute Gasteiger partial charge is 0.430 e. The van der Waals surface area contributed by atoms with E-state index in [9.17, 15) is 80.9 Å². The number of carbonyl (C=O) groups excluding carboxylic acids is 1. The Morgan fingerprint density at radius 1 is 0.708 bits per heavy atom. The number of benzene rings is 1. The second kappa shape index (κ2) is 12.1. The van der Waals surface area contributed by atoms with E-state index in [1.165, 1.54) is 6.42 Å². The Morgan fingerprint density at radius 3 is 1.31 bits per heavy atom. The Hall–Kier alpha value is -2.96. The van der Waals surface area contributed by atoms with E-state index in [1.54, 1.807) is 0 Å². The normalized spacial score (nSPS) is 26.5. The Morgan fingerprint density at radius 2 is 1.04 bits per heavy atom. The number of carbonyl (C=O) groups is 1. The van der Waals surface area contributed by atoms with Gasteiger partial charge >= 0.3 is 36.9 Å². The van der Waals surface area contributed by atoms with Crippen LogP contribution in [0.1, 0.15) is 55.7 Å². The average molecular weight is 725 g/mol. The van der Waals surface area contributed by atoms with Gasteiger partial charge in [-0.25, -0.2) is 4.79 Å². The summed E-state index contributed by atoms with van der Waals surface area (Å²) in [6, 6.07) is -1.19. The molecule has 4 nitrogen and oxygen atoms in total. The summed E-state index contributed by atoms with van der Waals surface area (Å²) in [6.45, 7) is 7.50. The van der Waals surface area contributed by atoms with E-state index in [1.807, 2.05) is 6.92 Å². The number of hydrogen-bond acceptors (Lipinski definition) is 4. The van der Waals surface area contributed by atoms with Crippen LogP contribution in [0.3, 0.4) is 0 Å². The Balaban J connectivity index is 0.000000273. The third-order valence-corrected chi connectivity index (χ3v) is 9.33. The molecule has 4 fully saturated rings. The summed E-state index contributed by atoms with van der Waals surface area (Å²) in [5.41, 5.74) is -19.7. The van der Waals surface area contributed by atoms with E-state index in [0.29, 0.717) is 17.9 Å². The molecule has 272 valence electrons. The van der Waals surface area contributed by atoms with Gasteiger partial charge in [-0.2, -0.15) is 65.9 Å². The minimum Gasteiger partial charge on any atom is -0.455 e. The highest BCUT2D eigenvalue weighted by molar-refractivity contribution is 5.89. The van der Waals surface area contributed by atoms with Crippen LogP contribution in [0.4, 0.5) is 65.9 Å². The number of alkyl halides is 15.